The Kier molecular flexibility index (Phi) is 6.77. The van der Waals surface area contributed by atoms with Crippen LogP contribution in [0.5, 0.6) is 0 Å². The zero-order chi connectivity index (χ0) is 21.6. The Morgan fingerprint density at radius 2 is 1.53 bits per heavy atom. The number of hydrogen-bond donors (Lipinski definition) is 1. The molecule has 3 aromatic rings. The van der Waals surface area contributed by atoms with E-state index in [1.54, 1.807) is 18.0 Å². The normalized spacial score (nSPS) is 11.2. The number of amides is 1. The standard InChI is InChI=1S/C24H23F3N2O/c1-29(17-19-6-3-2-4-7-19)23(30)15-18-10-12-22(13-11-18)28-16-20-8-5-9-21(14-20)24(25,26)27/h2-14,28H,15-17H2,1H3. The zero-order valence-corrected chi connectivity index (χ0v) is 16.6. The topological polar surface area (TPSA) is 32.3 Å². The van der Waals surface area contributed by atoms with Crippen LogP contribution in [0, 0.1) is 0 Å². The van der Waals surface area contributed by atoms with Gasteiger partial charge in [-0.3, -0.25) is 4.79 Å². The predicted molar refractivity (Wildman–Crippen MR) is 112 cm³/mol. The van der Waals surface area contributed by atoms with Crippen molar-refractivity contribution in [2.45, 2.75) is 25.7 Å². The van der Waals surface area contributed by atoms with Gasteiger partial charge in [-0.05, 0) is 41.0 Å². The van der Waals surface area contributed by atoms with Crippen LogP contribution in [0.1, 0.15) is 22.3 Å². The smallest absolute Gasteiger partial charge is 0.381 e. The predicted octanol–water partition coefficient (Wildman–Crippen LogP) is 5.52. The SMILES string of the molecule is CN(Cc1ccccc1)C(=O)Cc1ccc(NCc2cccc(C(F)(F)F)c2)cc1. The largest absolute Gasteiger partial charge is 0.416 e. The first-order valence-corrected chi connectivity index (χ1v) is 9.58. The van der Waals surface area contributed by atoms with Gasteiger partial charge in [0.1, 0.15) is 0 Å². The molecule has 1 amide bonds. The van der Waals surface area contributed by atoms with Crippen LogP contribution >= 0.6 is 0 Å². The minimum atomic E-state index is -4.35. The first-order valence-electron chi connectivity index (χ1n) is 9.58. The van der Waals surface area contributed by atoms with Crippen molar-refractivity contribution in [2.75, 3.05) is 12.4 Å². The van der Waals surface area contributed by atoms with E-state index in [1.165, 1.54) is 6.07 Å². The van der Waals surface area contributed by atoms with Crippen LogP contribution in [0.4, 0.5) is 18.9 Å². The number of halogens is 3. The Balaban J connectivity index is 1.53. The number of anilines is 1. The molecule has 3 aromatic carbocycles. The van der Waals surface area contributed by atoms with Gasteiger partial charge in [0, 0.05) is 25.8 Å². The molecule has 0 aliphatic carbocycles. The highest BCUT2D eigenvalue weighted by Crippen LogP contribution is 2.29. The second-order valence-corrected chi connectivity index (χ2v) is 7.16. The third kappa shape index (κ3) is 6.11. The molecule has 0 saturated carbocycles. The summed E-state index contributed by atoms with van der Waals surface area (Å²) in [5, 5.41) is 3.11. The summed E-state index contributed by atoms with van der Waals surface area (Å²) in [5.74, 6) is 0.0172. The third-order valence-corrected chi connectivity index (χ3v) is 4.75. The van der Waals surface area contributed by atoms with E-state index in [2.05, 4.69) is 5.32 Å². The summed E-state index contributed by atoms with van der Waals surface area (Å²) in [4.78, 5) is 14.1. The van der Waals surface area contributed by atoms with E-state index in [-0.39, 0.29) is 18.9 Å². The highest BCUT2D eigenvalue weighted by molar-refractivity contribution is 5.78. The van der Waals surface area contributed by atoms with Crippen molar-refractivity contribution >= 4 is 11.6 Å². The van der Waals surface area contributed by atoms with E-state index in [0.717, 1.165) is 28.9 Å². The van der Waals surface area contributed by atoms with Crippen molar-refractivity contribution in [3.8, 4) is 0 Å². The average Bonchev–Trinajstić information content (AvgIpc) is 2.73. The van der Waals surface area contributed by atoms with Crippen LogP contribution < -0.4 is 5.32 Å². The number of carbonyl (C=O) groups excluding carboxylic acids is 1. The third-order valence-electron chi connectivity index (χ3n) is 4.75. The molecule has 3 rings (SSSR count). The molecule has 0 saturated heterocycles. The number of likely N-dealkylation sites (N-methyl/N-ethyl adjacent to an activating group) is 1. The second-order valence-electron chi connectivity index (χ2n) is 7.16. The molecule has 3 nitrogen and oxygen atoms in total. The van der Waals surface area contributed by atoms with Gasteiger partial charge < -0.3 is 10.2 Å². The summed E-state index contributed by atoms with van der Waals surface area (Å²) in [5.41, 5.74) is 2.62. The Hall–Kier alpha value is -3.28. The maximum atomic E-state index is 12.8. The van der Waals surface area contributed by atoms with Crippen molar-refractivity contribution in [3.05, 3.63) is 101 Å². The number of hydrogen-bond acceptors (Lipinski definition) is 2. The first kappa shape index (κ1) is 21.4. The molecule has 30 heavy (non-hydrogen) atoms. The van der Waals surface area contributed by atoms with Gasteiger partial charge in [-0.2, -0.15) is 13.2 Å². The van der Waals surface area contributed by atoms with Crippen molar-refractivity contribution in [3.63, 3.8) is 0 Å². The molecule has 6 heteroatoms. The molecule has 0 atom stereocenters. The van der Waals surface area contributed by atoms with Crippen molar-refractivity contribution in [1.82, 2.24) is 4.90 Å². The molecule has 0 bridgehead atoms. The van der Waals surface area contributed by atoms with E-state index < -0.39 is 11.7 Å². The van der Waals surface area contributed by atoms with Gasteiger partial charge in [0.25, 0.3) is 0 Å². The van der Waals surface area contributed by atoms with E-state index in [9.17, 15) is 18.0 Å². The second kappa shape index (κ2) is 9.48. The number of nitrogens with zero attached hydrogens (tertiary/aromatic N) is 1. The summed E-state index contributed by atoms with van der Waals surface area (Å²) in [6.45, 7) is 0.832. The van der Waals surface area contributed by atoms with E-state index in [1.807, 2.05) is 54.6 Å². The maximum Gasteiger partial charge on any atom is 0.416 e. The number of nitrogens with one attached hydrogen (secondary N) is 1. The molecule has 0 aromatic heterocycles. The monoisotopic (exact) mass is 412 g/mol. The molecule has 0 spiro atoms. The quantitative estimate of drug-likeness (QED) is 0.554. The van der Waals surface area contributed by atoms with Gasteiger partial charge in [-0.15, -0.1) is 0 Å². The van der Waals surface area contributed by atoms with Gasteiger partial charge in [0.2, 0.25) is 5.91 Å². The Bertz CT molecular complexity index is 970. The first-order chi connectivity index (χ1) is 14.3. The minimum Gasteiger partial charge on any atom is -0.381 e. The highest BCUT2D eigenvalue weighted by atomic mass is 19.4. The van der Waals surface area contributed by atoms with Gasteiger partial charge in [-0.1, -0.05) is 54.6 Å². The molecule has 0 radical (unpaired) electrons. The van der Waals surface area contributed by atoms with E-state index in [4.69, 9.17) is 0 Å². The average molecular weight is 412 g/mol. The van der Waals surface area contributed by atoms with Crippen LogP contribution in [-0.4, -0.2) is 17.9 Å². The van der Waals surface area contributed by atoms with Crippen molar-refractivity contribution in [2.24, 2.45) is 0 Å². The van der Waals surface area contributed by atoms with Crippen LogP contribution in [-0.2, 0) is 30.5 Å². The van der Waals surface area contributed by atoms with Gasteiger partial charge in [-0.25, -0.2) is 0 Å². The fourth-order valence-electron chi connectivity index (χ4n) is 3.06. The number of carbonyl (C=O) groups is 1. The molecule has 0 heterocycles. The molecular weight excluding hydrogens is 389 g/mol. The van der Waals surface area contributed by atoms with Gasteiger partial charge in [0.15, 0.2) is 0 Å². The van der Waals surface area contributed by atoms with Crippen LogP contribution in [0.15, 0.2) is 78.9 Å². The Morgan fingerprint density at radius 3 is 2.20 bits per heavy atom. The summed E-state index contributed by atoms with van der Waals surface area (Å²) < 4.78 is 38.4. The Labute approximate surface area is 174 Å². The van der Waals surface area contributed by atoms with Crippen LogP contribution in [0.25, 0.3) is 0 Å². The van der Waals surface area contributed by atoms with E-state index >= 15 is 0 Å². The fourth-order valence-corrected chi connectivity index (χ4v) is 3.06. The zero-order valence-electron chi connectivity index (χ0n) is 16.6. The molecule has 0 unspecified atom stereocenters. The lowest BCUT2D eigenvalue weighted by Gasteiger charge is -2.17. The van der Waals surface area contributed by atoms with Crippen LogP contribution in [0.3, 0.4) is 0 Å². The fraction of sp³-hybridized carbons (Fsp3) is 0.208. The van der Waals surface area contributed by atoms with Gasteiger partial charge >= 0.3 is 6.18 Å². The van der Waals surface area contributed by atoms with Crippen LogP contribution in [0.2, 0.25) is 0 Å². The summed E-state index contributed by atoms with van der Waals surface area (Å²) in [7, 11) is 1.78. The molecular formula is C24H23F3N2O. The van der Waals surface area contributed by atoms with Gasteiger partial charge in [0.05, 0.1) is 12.0 Å². The van der Waals surface area contributed by atoms with Crippen molar-refractivity contribution < 1.29 is 18.0 Å². The van der Waals surface area contributed by atoms with E-state index in [0.29, 0.717) is 12.1 Å². The summed E-state index contributed by atoms with van der Waals surface area (Å²) in [6.07, 6.45) is -4.06. The molecule has 0 fully saturated rings. The summed E-state index contributed by atoms with van der Waals surface area (Å²) >= 11 is 0. The Morgan fingerprint density at radius 1 is 0.867 bits per heavy atom. The molecule has 156 valence electrons. The molecule has 0 aliphatic rings. The minimum absolute atomic E-state index is 0.0172. The number of benzene rings is 3. The maximum absolute atomic E-state index is 12.8. The highest BCUT2D eigenvalue weighted by Gasteiger charge is 2.30. The lowest BCUT2D eigenvalue weighted by atomic mass is 10.1. The molecule has 0 aliphatic heterocycles. The number of alkyl halides is 3. The number of rotatable bonds is 7. The van der Waals surface area contributed by atoms with Crippen molar-refractivity contribution in [1.29, 1.82) is 0 Å². The lowest BCUT2D eigenvalue weighted by Crippen LogP contribution is -2.27. The summed E-state index contributed by atoms with van der Waals surface area (Å²) in [6, 6.07) is 22.4. The molecule has 1 N–H and O–H groups in total. The lowest BCUT2D eigenvalue weighted by molar-refractivity contribution is -0.137.